The molecule has 100 valence electrons. The molecule has 0 aliphatic carbocycles. The van der Waals surface area contributed by atoms with Gasteiger partial charge in [0.15, 0.2) is 5.75 Å². The lowest BCUT2D eigenvalue weighted by atomic mass is 10.1. The molecule has 1 aliphatic rings. The summed E-state index contributed by atoms with van der Waals surface area (Å²) in [6.45, 7) is 3.12. The van der Waals surface area contributed by atoms with Crippen LogP contribution in [0.5, 0.6) is 11.5 Å². The van der Waals surface area contributed by atoms with Crippen molar-refractivity contribution >= 4 is 11.6 Å². The second-order valence-corrected chi connectivity index (χ2v) is 5.25. The Morgan fingerprint density at radius 1 is 1.42 bits per heavy atom. The summed E-state index contributed by atoms with van der Waals surface area (Å²) in [6.07, 6.45) is 4.88. The summed E-state index contributed by atoms with van der Waals surface area (Å²) in [5.74, 6) is 2.14. The maximum atomic E-state index is 5.92. The monoisotopic (exact) mass is 277 g/mol. The van der Waals surface area contributed by atoms with Gasteiger partial charge in [0, 0.05) is 11.6 Å². The van der Waals surface area contributed by atoms with Crippen molar-refractivity contribution in [2.24, 2.45) is 5.92 Å². The van der Waals surface area contributed by atoms with Gasteiger partial charge in [-0.05, 0) is 43.6 Å². The number of halogens is 1. The fraction of sp³-hybridized carbons (Fsp3) is 0.357. The number of nitrogens with zero attached hydrogens (tertiary/aromatic N) is 2. The highest BCUT2D eigenvalue weighted by Crippen LogP contribution is 2.24. The molecule has 1 N–H and O–H groups in total. The van der Waals surface area contributed by atoms with Crippen LogP contribution in [0.2, 0.25) is 5.02 Å². The Morgan fingerprint density at radius 3 is 3.16 bits per heavy atom. The van der Waals surface area contributed by atoms with E-state index in [4.69, 9.17) is 16.3 Å². The molecular formula is C14H16ClN3O. The minimum absolute atomic E-state index is 0.666. The van der Waals surface area contributed by atoms with Gasteiger partial charge in [-0.2, -0.15) is 5.10 Å². The van der Waals surface area contributed by atoms with Gasteiger partial charge in [0.1, 0.15) is 5.75 Å². The first kappa shape index (κ1) is 12.5. The van der Waals surface area contributed by atoms with Crippen molar-refractivity contribution in [1.82, 2.24) is 15.1 Å². The molecule has 3 rings (SSSR count). The van der Waals surface area contributed by atoms with E-state index in [2.05, 4.69) is 10.4 Å². The Kier molecular flexibility index (Phi) is 3.71. The van der Waals surface area contributed by atoms with E-state index in [9.17, 15) is 0 Å². The van der Waals surface area contributed by atoms with Crippen LogP contribution in [0, 0.1) is 5.92 Å². The summed E-state index contributed by atoms with van der Waals surface area (Å²) < 4.78 is 7.66. The van der Waals surface area contributed by atoms with Crippen molar-refractivity contribution in [2.75, 3.05) is 13.1 Å². The number of benzene rings is 1. The molecule has 2 heterocycles. The SMILES string of the molecule is Clc1cccc(Oc2cnn(CC3CCNC3)c2)c1. The topological polar surface area (TPSA) is 39.1 Å². The van der Waals surface area contributed by atoms with Crippen LogP contribution in [0.25, 0.3) is 0 Å². The van der Waals surface area contributed by atoms with Crippen molar-refractivity contribution in [3.8, 4) is 11.5 Å². The van der Waals surface area contributed by atoms with Gasteiger partial charge in [0.25, 0.3) is 0 Å². The van der Waals surface area contributed by atoms with Gasteiger partial charge >= 0.3 is 0 Å². The maximum Gasteiger partial charge on any atom is 0.165 e. The van der Waals surface area contributed by atoms with Crippen molar-refractivity contribution in [1.29, 1.82) is 0 Å². The fourth-order valence-corrected chi connectivity index (χ4v) is 2.48. The number of hydrogen-bond acceptors (Lipinski definition) is 3. The number of aromatic nitrogens is 2. The highest BCUT2D eigenvalue weighted by Gasteiger charge is 2.15. The predicted molar refractivity (Wildman–Crippen MR) is 74.7 cm³/mol. The Morgan fingerprint density at radius 2 is 2.37 bits per heavy atom. The molecule has 4 nitrogen and oxygen atoms in total. The molecule has 1 aromatic heterocycles. The Labute approximate surface area is 117 Å². The highest BCUT2D eigenvalue weighted by molar-refractivity contribution is 6.30. The number of ether oxygens (including phenoxy) is 1. The maximum absolute atomic E-state index is 5.92. The molecule has 0 amide bonds. The molecule has 0 saturated carbocycles. The Bertz CT molecular complexity index is 549. The van der Waals surface area contributed by atoms with Crippen LogP contribution in [-0.2, 0) is 6.54 Å². The summed E-state index contributed by atoms with van der Waals surface area (Å²) in [4.78, 5) is 0. The summed E-state index contributed by atoms with van der Waals surface area (Å²) in [6, 6.07) is 7.36. The lowest BCUT2D eigenvalue weighted by Crippen LogP contribution is -2.14. The van der Waals surface area contributed by atoms with E-state index >= 15 is 0 Å². The van der Waals surface area contributed by atoms with Crippen LogP contribution in [-0.4, -0.2) is 22.9 Å². The van der Waals surface area contributed by atoms with Crippen LogP contribution in [0.15, 0.2) is 36.7 Å². The standard InChI is InChI=1S/C14H16ClN3O/c15-12-2-1-3-13(6-12)19-14-8-17-18(10-14)9-11-4-5-16-7-11/h1-3,6,8,10-11,16H,4-5,7,9H2. The molecule has 0 bridgehead atoms. The van der Waals surface area contributed by atoms with Crippen LogP contribution in [0.4, 0.5) is 0 Å². The van der Waals surface area contributed by atoms with E-state index in [1.54, 1.807) is 12.3 Å². The molecule has 1 aromatic carbocycles. The van der Waals surface area contributed by atoms with Crippen molar-refractivity contribution in [3.63, 3.8) is 0 Å². The lowest BCUT2D eigenvalue weighted by Gasteiger charge is -2.07. The Hall–Kier alpha value is -1.52. The minimum Gasteiger partial charge on any atom is -0.454 e. The number of rotatable bonds is 4. The van der Waals surface area contributed by atoms with Gasteiger partial charge < -0.3 is 10.1 Å². The average molecular weight is 278 g/mol. The molecule has 1 atom stereocenters. The smallest absolute Gasteiger partial charge is 0.165 e. The molecule has 1 unspecified atom stereocenters. The summed E-state index contributed by atoms with van der Waals surface area (Å²) in [5.41, 5.74) is 0. The van der Waals surface area contributed by atoms with E-state index in [1.807, 2.05) is 29.1 Å². The van der Waals surface area contributed by atoms with Crippen LogP contribution < -0.4 is 10.1 Å². The van der Waals surface area contributed by atoms with E-state index in [1.165, 1.54) is 6.42 Å². The molecule has 1 fully saturated rings. The number of nitrogens with one attached hydrogen (secondary N) is 1. The lowest BCUT2D eigenvalue weighted by molar-refractivity contribution is 0.444. The van der Waals surface area contributed by atoms with E-state index in [-0.39, 0.29) is 0 Å². The zero-order valence-electron chi connectivity index (χ0n) is 10.6. The zero-order chi connectivity index (χ0) is 13.1. The summed E-state index contributed by atoms with van der Waals surface area (Å²) in [5, 5.41) is 8.36. The normalized spacial score (nSPS) is 18.7. The molecule has 5 heteroatoms. The summed E-state index contributed by atoms with van der Waals surface area (Å²) in [7, 11) is 0. The molecule has 2 aromatic rings. The van der Waals surface area contributed by atoms with Gasteiger partial charge in [0.05, 0.1) is 12.4 Å². The first-order valence-electron chi connectivity index (χ1n) is 6.46. The van der Waals surface area contributed by atoms with Crippen molar-refractivity contribution < 1.29 is 4.74 Å². The van der Waals surface area contributed by atoms with Crippen molar-refractivity contribution in [3.05, 3.63) is 41.7 Å². The first-order chi connectivity index (χ1) is 9.29. The van der Waals surface area contributed by atoms with E-state index < -0.39 is 0 Å². The van der Waals surface area contributed by atoms with Gasteiger partial charge in [-0.1, -0.05) is 17.7 Å². The Balaban J connectivity index is 1.64. The van der Waals surface area contributed by atoms with Gasteiger partial charge in [0.2, 0.25) is 0 Å². The van der Waals surface area contributed by atoms with Crippen LogP contribution in [0.3, 0.4) is 0 Å². The predicted octanol–water partition coefficient (Wildman–Crippen LogP) is 2.94. The minimum atomic E-state index is 0.666. The highest BCUT2D eigenvalue weighted by atomic mass is 35.5. The first-order valence-corrected chi connectivity index (χ1v) is 6.84. The quantitative estimate of drug-likeness (QED) is 0.934. The molecule has 19 heavy (non-hydrogen) atoms. The fourth-order valence-electron chi connectivity index (χ4n) is 2.30. The summed E-state index contributed by atoms with van der Waals surface area (Å²) >= 11 is 5.92. The molecule has 0 radical (unpaired) electrons. The zero-order valence-corrected chi connectivity index (χ0v) is 11.3. The largest absolute Gasteiger partial charge is 0.454 e. The van der Waals surface area contributed by atoms with Gasteiger partial charge in [-0.15, -0.1) is 0 Å². The molecule has 1 aliphatic heterocycles. The second-order valence-electron chi connectivity index (χ2n) is 4.82. The van der Waals surface area contributed by atoms with Gasteiger partial charge in [-0.3, -0.25) is 4.68 Å². The van der Waals surface area contributed by atoms with Gasteiger partial charge in [-0.25, -0.2) is 0 Å². The molecular weight excluding hydrogens is 262 g/mol. The third kappa shape index (κ3) is 3.28. The third-order valence-electron chi connectivity index (χ3n) is 3.25. The number of hydrogen-bond donors (Lipinski definition) is 1. The molecule has 1 saturated heterocycles. The van der Waals surface area contributed by atoms with E-state index in [0.29, 0.717) is 10.9 Å². The third-order valence-corrected chi connectivity index (χ3v) is 3.48. The van der Waals surface area contributed by atoms with Crippen molar-refractivity contribution in [2.45, 2.75) is 13.0 Å². The van der Waals surface area contributed by atoms with Crippen LogP contribution in [0.1, 0.15) is 6.42 Å². The molecule has 0 spiro atoms. The van der Waals surface area contributed by atoms with E-state index in [0.717, 1.165) is 31.1 Å². The second kappa shape index (κ2) is 5.63. The average Bonchev–Trinajstić information content (AvgIpc) is 3.02. The van der Waals surface area contributed by atoms with Crippen LogP contribution >= 0.6 is 11.6 Å².